The third-order valence-electron chi connectivity index (χ3n) is 11.1. The van der Waals surface area contributed by atoms with E-state index < -0.39 is 35.9 Å². The summed E-state index contributed by atoms with van der Waals surface area (Å²) in [6.07, 6.45) is 10.6. The van der Waals surface area contributed by atoms with Crippen LogP contribution in [-0.4, -0.2) is 161 Å². The minimum absolute atomic E-state index is 0.186. The normalized spacial score (nSPS) is 21.6. The number of esters is 1. The number of nitrogens with two attached hydrogens (primary N) is 2. The number of nitriles is 4. The summed E-state index contributed by atoms with van der Waals surface area (Å²) in [6.45, 7) is 7.98. The van der Waals surface area contributed by atoms with Crippen molar-refractivity contribution in [3.63, 3.8) is 0 Å². The molecule has 21 nitrogen and oxygen atoms in total. The molecule has 1 aromatic rings. The van der Waals surface area contributed by atoms with Gasteiger partial charge in [0.15, 0.2) is 0 Å². The maximum atomic E-state index is 12.4. The van der Waals surface area contributed by atoms with Gasteiger partial charge in [0.25, 0.3) is 0 Å². The fraction of sp³-hybridized carbons (Fsp3) is 0.651. The van der Waals surface area contributed by atoms with Crippen molar-refractivity contribution < 1.29 is 38.6 Å². The lowest BCUT2D eigenvalue weighted by atomic mass is 10.0. The van der Waals surface area contributed by atoms with E-state index in [4.69, 9.17) is 37.6 Å². The summed E-state index contributed by atoms with van der Waals surface area (Å²) in [5.41, 5.74) is 11.6. The van der Waals surface area contributed by atoms with Gasteiger partial charge in [-0.1, -0.05) is 13.8 Å². The molecule has 4 aliphatic rings. The number of hydrogen-bond donors (Lipinski definition) is 5. The number of nitrogens with one attached hydrogen (secondary N) is 2. The van der Waals surface area contributed by atoms with Crippen LogP contribution in [0.4, 0.5) is 0 Å². The van der Waals surface area contributed by atoms with E-state index in [-0.39, 0.29) is 61.5 Å². The summed E-state index contributed by atoms with van der Waals surface area (Å²) in [6, 6.07) is 8.99. The number of carbonyl (C=O) groups is 6. The topological polar surface area (TPSA) is 329 Å². The van der Waals surface area contributed by atoms with Gasteiger partial charge in [0.2, 0.25) is 23.6 Å². The van der Waals surface area contributed by atoms with Crippen LogP contribution in [0.25, 0.3) is 0 Å². The van der Waals surface area contributed by atoms with E-state index in [0.29, 0.717) is 32.2 Å². The predicted octanol–water partition coefficient (Wildman–Crippen LogP) is -0.221. The van der Waals surface area contributed by atoms with Crippen molar-refractivity contribution in [3.8, 4) is 24.3 Å². The van der Waals surface area contributed by atoms with Gasteiger partial charge in [0, 0.05) is 45.0 Å². The highest BCUT2D eigenvalue weighted by Crippen LogP contribution is 2.20. The molecule has 64 heavy (non-hydrogen) atoms. The van der Waals surface area contributed by atoms with Gasteiger partial charge >= 0.3 is 11.9 Å². The van der Waals surface area contributed by atoms with Gasteiger partial charge in [-0.3, -0.25) is 53.4 Å². The molecule has 4 aliphatic heterocycles. The van der Waals surface area contributed by atoms with Crippen molar-refractivity contribution in [2.75, 3.05) is 59.5 Å². The largest absolute Gasteiger partial charge is 0.480 e. The number of carboxylic acid groups (broad SMARTS) is 1. The summed E-state index contributed by atoms with van der Waals surface area (Å²) in [5.74, 6) is -2.28. The van der Waals surface area contributed by atoms with E-state index in [1.54, 1.807) is 29.4 Å². The molecule has 6 unspecified atom stereocenters. The number of amides is 4. The van der Waals surface area contributed by atoms with Gasteiger partial charge in [0.05, 0.1) is 69.6 Å². The summed E-state index contributed by atoms with van der Waals surface area (Å²) < 4.78 is 4.62. The first kappa shape index (κ1) is 53.9. The fourth-order valence-electron chi connectivity index (χ4n) is 7.93. The maximum absolute atomic E-state index is 12.4. The number of ether oxygens (including phenoxy) is 1. The number of nitrogens with zero attached hydrogens (tertiary/aromatic N) is 9. The minimum Gasteiger partial charge on any atom is -0.480 e. The Kier molecular flexibility index (Phi) is 24.6. The quantitative estimate of drug-likeness (QED) is 0.106. The molecule has 0 radical (unpaired) electrons. The number of rotatable bonds is 16. The number of primary amides is 2. The van der Waals surface area contributed by atoms with Crippen molar-refractivity contribution in [1.29, 1.82) is 21.0 Å². The van der Waals surface area contributed by atoms with E-state index in [1.165, 1.54) is 7.11 Å². The highest BCUT2D eigenvalue weighted by molar-refractivity contribution is 5.90. The second-order valence-corrected chi connectivity index (χ2v) is 16.1. The zero-order valence-electron chi connectivity index (χ0n) is 37.1. The summed E-state index contributed by atoms with van der Waals surface area (Å²) in [4.78, 5) is 80.2. The molecule has 4 fully saturated rings. The Labute approximate surface area is 375 Å². The minimum atomic E-state index is -0.808. The maximum Gasteiger partial charge on any atom is 0.323 e. The van der Waals surface area contributed by atoms with Crippen LogP contribution in [0, 0.1) is 51.2 Å². The van der Waals surface area contributed by atoms with Crippen LogP contribution in [0.3, 0.4) is 0 Å². The molecular formula is C43H63N13O8. The van der Waals surface area contributed by atoms with E-state index >= 15 is 0 Å². The highest BCUT2D eigenvalue weighted by Gasteiger charge is 2.35. The lowest BCUT2D eigenvalue weighted by Crippen LogP contribution is -2.52. The first-order valence-electron chi connectivity index (χ1n) is 21.4. The Morgan fingerprint density at radius 3 is 1.44 bits per heavy atom. The highest BCUT2D eigenvalue weighted by atomic mass is 16.5. The molecule has 7 N–H and O–H groups in total. The van der Waals surface area contributed by atoms with Crippen molar-refractivity contribution >= 4 is 35.6 Å². The summed E-state index contributed by atoms with van der Waals surface area (Å²) in [7, 11) is 1.38. The Morgan fingerprint density at radius 1 is 0.688 bits per heavy atom. The number of likely N-dealkylation sites (tertiary alicyclic amines) is 4. The lowest BCUT2D eigenvalue weighted by Gasteiger charge is -2.24. The average molecular weight is 890 g/mol. The summed E-state index contributed by atoms with van der Waals surface area (Å²) in [5, 5.41) is 48.4. The predicted molar refractivity (Wildman–Crippen MR) is 230 cm³/mol. The van der Waals surface area contributed by atoms with E-state index in [9.17, 15) is 28.8 Å². The number of methoxy groups -OCH3 is 1. The Hall–Kier alpha value is -6.23. The van der Waals surface area contributed by atoms with Crippen LogP contribution in [0.2, 0.25) is 0 Å². The van der Waals surface area contributed by atoms with Crippen molar-refractivity contribution in [2.45, 2.75) is 114 Å². The van der Waals surface area contributed by atoms with Crippen LogP contribution in [0.15, 0.2) is 24.5 Å². The first-order chi connectivity index (χ1) is 30.6. The molecule has 0 bridgehead atoms. The smallest absolute Gasteiger partial charge is 0.323 e. The second kappa shape index (κ2) is 29.2. The van der Waals surface area contributed by atoms with Gasteiger partial charge in [-0.2, -0.15) is 21.0 Å². The standard InChI is InChI=1S/C15H19N5O2.C13H22N4O2.C8H12N2O2.C7H10N2O2/c16-5-9-20-8-1-2-13(20)15(22)19-12(14(17)21)10-11-3-6-18-7-4-11;1-9(2)8-10(12(15)18)16-13(19)11-4-3-6-17(11)7-5-14;1-12-8(11)7-3-2-5-10(7)6-4-9;8-3-5-9-4-1-2-6(9)7(10)11/h3-4,6-7,12-13H,1-2,8-10H2,(H2,17,21)(H,19,22);9-11H,3-4,6-8H2,1-2H3,(H2,15,18)(H,16,19);7H,2-3,5-6H2,1H3;6H,1-2,4-5H2,(H,10,11). The molecule has 0 spiro atoms. The summed E-state index contributed by atoms with van der Waals surface area (Å²) >= 11 is 0. The number of pyridine rings is 1. The molecule has 21 heteroatoms. The first-order valence-corrected chi connectivity index (χ1v) is 21.4. The number of hydrogen-bond acceptors (Lipinski definition) is 16. The third kappa shape index (κ3) is 18.2. The van der Waals surface area contributed by atoms with Crippen molar-refractivity contribution in [3.05, 3.63) is 30.1 Å². The van der Waals surface area contributed by atoms with Gasteiger partial charge in [0.1, 0.15) is 24.2 Å². The van der Waals surface area contributed by atoms with Gasteiger partial charge in [-0.05, 0) is 81.4 Å². The second-order valence-electron chi connectivity index (χ2n) is 16.1. The Bertz CT molecular complexity index is 1860. The number of aliphatic carboxylic acids is 1. The Morgan fingerprint density at radius 2 is 1.06 bits per heavy atom. The molecule has 4 amide bonds. The molecule has 0 aliphatic carbocycles. The zero-order valence-corrected chi connectivity index (χ0v) is 37.1. The number of carboxylic acids is 1. The van der Waals surface area contributed by atoms with Crippen LogP contribution in [0.5, 0.6) is 0 Å². The van der Waals surface area contributed by atoms with Crippen LogP contribution in [-0.2, 0) is 39.9 Å². The molecule has 5 heterocycles. The van der Waals surface area contributed by atoms with Crippen LogP contribution < -0.4 is 22.1 Å². The van der Waals surface area contributed by atoms with E-state index in [1.807, 2.05) is 40.7 Å². The average Bonchev–Trinajstić information content (AvgIpc) is 4.10. The molecule has 0 saturated carbocycles. The molecule has 4 saturated heterocycles. The SMILES string of the molecule is CC(C)CC(NC(=O)C1CCCN1CC#N)C(N)=O.COC(=O)C1CCCN1CC#N.N#CCN1CCCC1C(=O)NC(Cc1ccncc1)C(N)=O.N#CCN1CCCC1C(=O)O. The van der Waals surface area contributed by atoms with Crippen LogP contribution >= 0.6 is 0 Å². The van der Waals surface area contributed by atoms with Crippen molar-refractivity contribution in [2.24, 2.45) is 17.4 Å². The molecule has 1 aromatic heterocycles. The van der Waals surface area contributed by atoms with Gasteiger partial charge in [-0.25, -0.2) is 0 Å². The number of carbonyl (C=O) groups excluding carboxylic acids is 5. The lowest BCUT2D eigenvalue weighted by molar-refractivity contribution is -0.145. The zero-order chi connectivity index (χ0) is 47.6. The van der Waals surface area contributed by atoms with Crippen molar-refractivity contribution in [1.82, 2.24) is 35.2 Å². The van der Waals surface area contributed by atoms with Gasteiger partial charge in [-0.15, -0.1) is 0 Å². The van der Waals surface area contributed by atoms with E-state index in [2.05, 4.69) is 32.5 Å². The fourth-order valence-corrected chi connectivity index (χ4v) is 7.93. The number of aromatic nitrogens is 1. The third-order valence-corrected chi connectivity index (χ3v) is 11.1. The van der Waals surface area contributed by atoms with E-state index in [0.717, 1.165) is 70.3 Å². The monoisotopic (exact) mass is 889 g/mol. The molecule has 0 aromatic carbocycles. The van der Waals surface area contributed by atoms with Crippen LogP contribution in [0.1, 0.15) is 77.2 Å². The van der Waals surface area contributed by atoms with Gasteiger partial charge < -0.3 is 31.9 Å². The Balaban J connectivity index is 0.000000305. The molecule has 6 atom stereocenters. The molecule has 348 valence electrons. The molecule has 5 rings (SSSR count). The molecular weight excluding hydrogens is 827 g/mol.